The molecule has 0 bridgehead atoms. The molecule has 0 spiro atoms. The van der Waals surface area contributed by atoms with Crippen LogP contribution >= 0.6 is 0 Å². The van der Waals surface area contributed by atoms with Crippen molar-refractivity contribution in [1.29, 1.82) is 0 Å². The van der Waals surface area contributed by atoms with Crippen molar-refractivity contribution in [3.8, 4) is 16.9 Å². The lowest BCUT2D eigenvalue weighted by atomic mass is 10.1. The van der Waals surface area contributed by atoms with E-state index < -0.39 is 0 Å². The highest BCUT2D eigenvalue weighted by Crippen LogP contribution is 2.27. The molecule has 5 heteroatoms. The van der Waals surface area contributed by atoms with Crippen molar-refractivity contribution in [2.24, 2.45) is 7.05 Å². The zero-order chi connectivity index (χ0) is 14.8. The van der Waals surface area contributed by atoms with Crippen molar-refractivity contribution in [1.82, 2.24) is 14.7 Å². The van der Waals surface area contributed by atoms with Gasteiger partial charge in [0, 0.05) is 25.7 Å². The zero-order valence-electron chi connectivity index (χ0n) is 12.6. The third-order valence-corrected chi connectivity index (χ3v) is 4.12. The van der Waals surface area contributed by atoms with Crippen LogP contribution < -0.4 is 10.5 Å². The second-order valence-electron chi connectivity index (χ2n) is 5.71. The number of piperidine rings is 1. The Bertz CT molecular complexity index is 597. The van der Waals surface area contributed by atoms with E-state index in [0.29, 0.717) is 11.9 Å². The fourth-order valence-electron chi connectivity index (χ4n) is 2.68. The number of nitrogens with zero attached hydrogens (tertiary/aromatic N) is 3. The first-order valence-corrected chi connectivity index (χ1v) is 7.36. The van der Waals surface area contributed by atoms with Crippen LogP contribution in [-0.2, 0) is 7.05 Å². The average molecular weight is 286 g/mol. The normalized spacial score (nSPS) is 17.0. The van der Waals surface area contributed by atoms with Gasteiger partial charge in [0.05, 0.1) is 6.20 Å². The maximum atomic E-state index is 6.05. The van der Waals surface area contributed by atoms with Gasteiger partial charge < -0.3 is 15.4 Å². The molecule has 112 valence electrons. The Morgan fingerprint density at radius 2 is 1.81 bits per heavy atom. The molecular weight excluding hydrogens is 264 g/mol. The summed E-state index contributed by atoms with van der Waals surface area (Å²) in [5, 5.41) is 4.17. The van der Waals surface area contributed by atoms with Gasteiger partial charge in [0.1, 0.15) is 17.7 Å². The number of likely N-dealkylation sites (tertiary alicyclic amines) is 1. The first-order chi connectivity index (χ1) is 10.1. The van der Waals surface area contributed by atoms with Gasteiger partial charge in [-0.2, -0.15) is 5.10 Å². The minimum absolute atomic E-state index is 0.329. The lowest BCUT2D eigenvalue weighted by molar-refractivity contribution is 0.114. The van der Waals surface area contributed by atoms with Gasteiger partial charge in [-0.05, 0) is 37.6 Å². The van der Waals surface area contributed by atoms with Gasteiger partial charge in [0.15, 0.2) is 0 Å². The van der Waals surface area contributed by atoms with Crippen LogP contribution in [-0.4, -0.2) is 40.9 Å². The number of rotatable bonds is 3. The van der Waals surface area contributed by atoms with Gasteiger partial charge in [0.2, 0.25) is 0 Å². The number of anilines is 1. The van der Waals surface area contributed by atoms with Crippen LogP contribution in [0, 0.1) is 0 Å². The number of benzene rings is 1. The molecule has 1 fully saturated rings. The summed E-state index contributed by atoms with van der Waals surface area (Å²) in [5.41, 5.74) is 8.03. The molecular formula is C16H22N4O. The smallest absolute Gasteiger partial charge is 0.129 e. The average Bonchev–Trinajstić information content (AvgIpc) is 2.83. The second-order valence-corrected chi connectivity index (χ2v) is 5.71. The first kappa shape index (κ1) is 13.9. The monoisotopic (exact) mass is 286 g/mol. The Morgan fingerprint density at radius 1 is 1.14 bits per heavy atom. The molecule has 0 saturated carbocycles. The van der Waals surface area contributed by atoms with E-state index in [9.17, 15) is 0 Å². The van der Waals surface area contributed by atoms with Crippen LogP contribution in [0.3, 0.4) is 0 Å². The summed E-state index contributed by atoms with van der Waals surface area (Å²) in [7, 11) is 4.00. The van der Waals surface area contributed by atoms with Crippen molar-refractivity contribution in [2.45, 2.75) is 18.9 Å². The van der Waals surface area contributed by atoms with Crippen LogP contribution in [0.15, 0.2) is 30.5 Å². The molecule has 0 unspecified atom stereocenters. The predicted octanol–water partition coefficient (Wildman–Crippen LogP) is 2.14. The molecule has 1 aliphatic heterocycles. The molecule has 0 atom stereocenters. The van der Waals surface area contributed by atoms with Gasteiger partial charge in [0.25, 0.3) is 0 Å². The van der Waals surface area contributed by atoms with E-state index in [1.807, 2.05) is 31.3 Å². The number of aryl methyl sites for hydroxylation is 1. The maximum absolute atomic E-state index is 6.05. The standard InChI is InChI=1S/C16H22N4O/c1-19-9-7-14(8-10-19)21-13-5-3-12(4-6-13)15-11-18-20(2)16(15)17/h3-6,11,14H,7-10,17H2,1-2H3. The summed E-state index contributed by atoms with van der Waals surface area (Å²) in [6.07, 6.45) is 4.31. The molecule has 0 amide bonds. The molecule has 2 heterocycles. The van der Waals surface area contributed by atoms with Crippen molar-refractivity contribution in [3.05, 3.63) is 30.5 Å². The van der Waals surface area contributed by atoms with Crippen molar-refractivity contribution < 1.29 is 4.74 Å². The Hall–Kier alpha value is -2.01. The number of hydrogen-bond acceptors (Lipinski definition) is 4. The van der Waals surface area contributed by atoms with E-state index in [4.69, 9.17) is 10.5 Å². The summed E-state index contributed by atoms with van der Waals surface area (Å²) < 4.78 is 7.73. The van der Waals surface area contributed by atoms with Crippen LogP contribution in [0.2, 0.25) is 0 Å². The highest BCUT2D eigenvalue weighted by atomic mass is 16.5. The van der Waals surface area contributed by atoms with Crippen molar-refractivity contribution >= 4 is 5.82 Å². The van der Waals surface area contributed by atoms with Gasteiger partial charge in [-0.3, -0.25) is 4.68 Å². The number of hydrogen-bond donors (Lipinski definition) is 1. The van der Waals surface area contributed by atoms with E-state index in [2.05, 4.69) is 17.0 Å². The number of nitrogens with two attached hydrogens (primary N) is 1. The summed E-state index contributed by atoms with van der Waals surface area (Å²) in [6, 6.07) is 8.11. The van der Waals surface area contributed by atoms with E-state index in [1.54, 1.807) is 10.9 Å². The summed E-state index contributed by atoms with van der Waals surface area (Å²) in [6.45, 7) is 2.21. The Kier molecular flexibility index (Phi) is 3.84. The summed E-state index contributed by atoms with van der Waals surface area (Å²) >= 11 is 0. The number of aromatic nitrogens is 2. The topological polar surface area (TPSA) is 56.3 Å². The molecule has 0 radical (unpaired) electrons. The highest BCUT2D eigenvalue weighted by Gasteiger charge is 2.18. The Balaban J connectivity index is 1.68. The van der Waals surface area contributed by atoms with Gasteiger partial charge >= 0.3 is 0 Å². The molecule has 1 aromatic heterocycles. The second kappa shape index (κ2) is 5.77. The SMILES string of the molecule is CN1CCC(Oc2ccc(-c3cnn(C)c3N)cc2)CC1. The summed E-state index contributed by atoms with van der Waals surface area (Å²) in [5.74, 6) is 1.61. The summed E-state index contributed by atoms with van der Waals surface area (Å²) in [4.78, 5) is 2.34. The van der Waals surface area contributed by atoms with Crippen LogP contribution in [0.4, 0.5) is 5.82 Å². The first-order valence-electron chi connectivity index (χ1n) is 7.36. The molecule has 21 heavy (non-hydrogen) atoms. The fourth-order valence-corrected chi connectivity index (χ4v) is 2.68. The van der Waals surface area contributed by atoms with Crippen LogP contribution in [0.1, 0.15) is 12.8 Å². The Morgan fingerprint density at radius 3 is 2.38 bits per heavy atom. The largest absolute Gasteiger partial charge is 0.490 e. The minimum Gasteiger partial charge on any atom is -0.490 e. The van der Waals surface area contributed by atoms with Gasteiger partial charge in [-0.15, -0.1) is 0 Å². The lowest BCUT2D eigenvalue weighted by Crippen LogP contribution is -2.35. The number of nitrogen functional groups attached to an aromatic ring is 1. The minimum atomic E-state index is 0.329. The predicted molar refractivity (Wildman–Crippen MR) is 84.2 cm³/mol. The molecule has 0 aliphatic carbocycles. The fraction of sp³-hybridized carbons (Fsp3) is 0.438. The van der Waals surface area contributed by atoms with Crippen molar-refractivity contribution in [2.75, 3.05) is 25.9 Å². The van der Waals surface area contributed by atoms with E-state index in [0.717, 1.165) is 42.8 Å². The molecule has 1 aliphatic rings. The van der Waals surface area contributed by atoms with Gasteiger partial charge in [-0.25, -0.2) is 0 Å². The molecule has 2 N–H and O–H groups in total. The molecule has 1 aromatic carbocycles. The quantitative estimate of drug-likeness (QED) is 0.939. The molecule has 3 rings (SSSR count). The van der Waals surface area contributed by atoms with Crippen LogP contribution in [0.5, 0.6) is 5.75 Å². The van der Waals surface area contributed by atoms with Crippen molar-refractivity contribution in [3.63, 3.8) is 0 Å². The maximum Gasteiger partial charge on any atom is 0.129 e. The third-order valence-electron chi connectivity index (χ3n) is 4.12. The van der Waals surface area contributed by atoms with E-state index in [-0.39, 0.29) is 0 Å². The highest BCUT2D eigenvalue weighted by molar-refractivity contribution is 5.73. The van der Waals surface area contributed by atoms with Crippen LogP contribution in [0.25, 0.3) is 11.1 Å². The van der Waals surface area contributed by atoms with E-state index >= 15 is 0 Å². The lowest BCUT2D eigenvalue weighted by Gasteiger charge is -2.29. The third kappa shape index (κ3) is 3.03. The molecule has 2 aromatic rings. The Labute approximate surface area is 125 Å². The van der Waals surface area contributed by atoms with Gasteiger partial charge in [-0.1, -0.05) is 12.1 Å². The zero-order valence-corrected chi connectivity index (χ0v) is 12.6. The number of ether oxygens (including phenoxy) is 1. The molecule has 1 saturated heterocycles. The van der Waals surface area contributed by atoms with E-state index in [1.165, 1.54) is 0 Å². The molecule has 5 nitrogen and oxygen atoms in total.